The molecule has 1 rings (SSSR count). The number of nitrogens with one attached hydrogen (secondary N) is 1. The first kappa shape index (κ1) is 16.0. The van der Waals surface area contributed by atoms with Crippen molar-refractivity contribution in [3.8, 4) is 0 Å². The van der Waals surface area contributed by atoms with E-state index in [0.29, 0.717) is 0 Å². The molecule has 1 saturated carbocycles. The molecule has 0 bridgehead atoms. The smallest absolute Gasteiger partial charge is 0.0469 e. The Balaban J connectivity index is 2.19. The van der Waals surface area contributed by atoms with Crippen molar-refractivity contribution in [2.45, 2.75) is 71.8 Å². The quantitative estimate of drug-likeness (QED) is 0.523. The fourth-order valence-corrected chi connectivity index (χ4v) is 2.92. The van der Waals surface area contributed by atoms with Crippen LogP contribution in [0, 0.1) is 11.8 Å². The minimum atomic E-state index is 0.742. The van der Waals surface area contributed by atoms with E-state index < -0.39 is 0 Å². The van der Waals surface area contributed by atoms with Gasteiger partial charge in [-0.2, -0.15) is 0 Å². The molecule has 1 fully saturated rings. The summed E-state index contributed by atoms with van der Waals surface area (Å²) >= 11 is 0. The maximum atomic E-state index is 5.79. The lowest BCUT2D eigenvalue weighted by Crippen LogP contribution is -2.36. The molecule has 0 saturated heterocycles. The molecular weight excluding hydrogens is 222 g/mol. The van der Waals surface area contributed by atoms with Crippen molar-refractivity contribution in [3.63, 3.8) is 0 Å². The van der Waals surface area contributed by atoms with Crippen LogP contribution in [0.1, 0.15) is 65.7 Å². The number of ether oxygens (including phenoxy) is 1. The van der Waals surface area contributed by atoms with E-state index in [4.69, 9.17) is 4.74 Å². The molecule has 2 atom stereocenters. The lowest BCUT2D eigenvalue weighted by atomic mass is 9.92. The second kappa shape index (κ2) is 9.80. The molecule has 2 nitrogen and oxygen atoms in total. The van der Waals surface area contributed by atoms with Crippen molar-refractivity contribution in [2.24, 2.45) is 11.8 Å². The molecule has 0 radical (unpaired) electrons. The summed E-state index contributed by atoms with van der Waals surface area (Å²) in [4.78, 5) is 0. The molecule has 0 amide bonds. The molecule has 0 aromatic rings. The maximum absolute atomic E-state index is 5.79. The van der Waals surface area contributed by atoms with E-state index >= 15 is 0 Å². The van der Waals surface area contributed by atoms with Gasteiger partial charge in [0.05, 0.1) is 0 Å². The Morgan fingerprint density at radius 2 is 1.89 bits per heavy atom. The number of hydrogen-bond acceptors (Lipinski definition) is 2. The Kier molecular flexibility index (Phi) is 8.70. The van der Waals surface area contributed by atoms with Crippen LogP contribution in [0.2, 0.25) is 0 Å². The van der Waals surface area contributed by atoms with Crippen LogP contribution in [-0.2, 0) is 4.74 Å². The fraction of sp³-hybridized carbons (Fsp3) is 1.00. The molecule has 0 aromatic carbocycles. The average Bonchev–Trinajstić information content (AvgIpc) is 2.55. The molecular formula is C16H33NO. The molecule has 2 unspecified atom stereocenters. The lowest BCUT2D eigenvalue weighted by Gasteiger charge is -2.25. The predicted molar refractivity (Wildman–Crippen MR) is 78.9 cm³/mol. The highest BCUT2D eigenvalue weighted by atomic mass is 16.5. The van der Waals surface area contributed by atoms with E-state index in [2.05, 4.69) is 26.1 Å². The van der Waals surface area contributed by atoms with Crippen LogP contribution in [0.3, 0.4) is 0 Å². The third-order valence-corrected chi connectivity index (χ3v) is 4.10. The van der Waals surface area contributed by atoms with Gasteiger partial charge in [-0.05, 0) is 44.1 Å². The highest BCUT2D eigenvalue weighted by Gasteiger charge is 2.22. The van der Waals surface area contributed by atoms with Crippen molar-refractivity contribution >= 4 is 0 Å². The third-order valence-electron chi connectivity index (χ3n) is 4.10. The Hall–Kier alpha value is -0.0800. The van der Waals surface area contributed by atoms with Gasteiger partial charge in [0.15, 0.2) is 0 Å². The molecule has 0 aromatic heterocycles. The van der Waals surface area contributed by atoms with Crippen LogP contribution in [0.25, 0.3) is 0 Å². The second-order valence-corrected chi connectivity index (χ2v) is 6.15. The maximum Gasteiger partial charge on any atom is 0.0469 e. The van der Waals surface area contributed by atoms with E-state index in [0.717, 1.165) is 37.6 Å². The summed E-state index contributed by atoms with van der Waals surface area (Å²) in [6, 6.07) is 0.742. The second-order valence-electron chi connectivity index (χ2n) is 6.15. The van der Waals surface area contributed by atoms with E-state index in [9.17, 15) is 0 Å². The van der Waals surface area contributed by atoms with Crippen molar-refractivity contribution in [1.82, 2.24) is 5.32 Å². The molecule has 108 valence electrons. The summed E-state index contributed by atoms with van der Waals surface area (Å²) in [5.41, 5.74) is 0. The molecule has 0 aliphatic heterocycles. The summed E-state index contributed by atoms with van der Waals surface area (Å²) in [7, 11) is 0. The molecule has 1 aliphatic carbocycles. The van der Waals surface area contributed by atoms with Crippen LogP contribution in [0.15, 0.2) is 0 Å². The average molecular weight is 255 g/mol. The van der Waals surface area contributed by atoms with Crippen LogP contribution >= 0.6 is 0 Å². The summed E-state index contributed by atoms with van der Waals surface area (Å²) in [5, 5.41) is 3.68. The standard InChI is InChI=1S/C16H33NO/c1-4-17-16-9-7-5-6-8-15(16)11-13-18-12-10-14(2)3/h14-17H,4-13H2,1-3H3. The monoisotopic (exact) mass is 255 g/mol. The number of rotatable bonds is 8. The van der Waals surface area contributed by atoms with Crippen molar-refractivity contribution in [1.29, 1.82) is 0 Å². The summed E-state index contributed by atoms with van der Waals surface area (Å²) in [5.74, 6) is 1.60. The molecule has 0 spiro atoms. The topological polar surface area (TPSA) is 21.3 Å². The van der Waals surface area contributed by atoms with E-state index in [1.807, 2.05) is 0 Å². The van der Waals surface area contributed by atoms with Gasteiger partial charge in [0.25, 0.3) is 0 Å². The third kappa shape index (κ3) is 6.75. The van der Waals surface area contributed by atoms with Gasteiger partial charge < -0.3 is 10.1 Å². The minimum absolute atomic E-state index is 0.742. The van der Waals surface area contributed by atoms with Crippen molar-refractivity contribution in [2.75, 3.05) is 19.8 Å². The zero-order chi connectivity index (χ0) is 13.2. The SMILES string of the molecule is CCNC1CCCCCC1CCOCCC(C)C. The highest BCUT2D eigenvalue weighted by Crippen LogP contribution is 2.26. The molecule has 0 heterocycles. The molecule has 1 aliphatic rings. The lowest BCUT2D eigenvalue weighted by molar-refractivity contribution is 0.103. The summed E-state index contributed by atoms with van der Waals surface area (Å²) in [6.07, 6.45) is 9.44. The van der Waals surface area contributed by atoms with E-state index in [1.54, 1.807) is 0 Å². The highest BCUT2D eigenvalue weighted by molar-refractivity contribution is 4.79. The zero-order valence-corrected chi connectivity index (χ0v) is 12.7. The van der Waals surface area contributed by atoms with Crippen molar-refractivity contribution < 1.29 is 4.74 Å². The minimum Gasteiger partial charge on any atom is -0.381 e. The van der Waals surface area contributed by atoms with Gasteiger partial charge in [-0.3, -0.25) is 0 Å². The van der Waals surface area contributed by atoms with Gasteiger partial charge in [0.2, 0.25) is 0 Å². The number of hydrogen-bond donors (Lipinski definition) is 1. The van der Waals surface area contributed by atoms with Crippen LogP contribution in [-0.4, -0.2) is 25.8 Å². The Labute approximate surface area is 114 Å². The normalized spacial score (nSPS) is 25.3. The van der Waals surface area contributed by atoms with Gasteiger partial charge >= 0.3 is 0 Å². The molecule has 2 heteroatoms. The zero-order valence-electron chi connectivity index (χ0n) is 12.7. The first-order chi connectivity index (χ1) is 8.74. The fourth-order valence-electron chi connectivity index (χ4n) is 2.92. The van der Waals surface area contributed by atoms with Gasteiger partial charge in [0, 0.05) is 19.3 Å². The van der Waals surface area contributed by atoms with E-state index in [1.165, 1.54) is 44.9 Å². The first-order valence-corrected chi connectivity index (χ1v) is 8.05. The van der Waals surface area contributed by atoms with Crippen LogP contribution < -0.4 is 5.32 Å². The van der Waals surface area contributed by atoms with Crippen LogP contribution in [0.4, 0.5) is 0 Å². The predicted octanol–water partition coefficient (Wildman–Crippen LogP) is 4.00. The Morgan fingerprint density at radius 1 is 1.11 bits per heavy atom. The van der Waals surface area contributed by atoms with Gasteiger partial charge in [-0.1, -0.05) is 40.0 Å². The Morgan fingerprint density at radius 3 is 2.61 bits per heavy atom. The summed E-state index contributed by atoms with van der Waals surface area (Å²) < 4.78 is 5.79. The molecule has 1 N–H and O–H groups in total. The van der Waals surface area contributed by atoms with E-state index in [-0.39, 0.29) is 0 Å². The van der Waals surface area contributed by atoms with Gasteiger partial charge in [-0.15, -0.1) is 0 Å². The molecule has 18 heavy (non-hydrogen) atoms. The van der Waals surface area contributed by atoms with Gasteiger partial charge in [-0.25, -0.2) is 0 Å². The first-order valence-electron chi connectivity index (χ1n) is 8.05. The Bertz CT molecular complexity index is 194. The summed E-state index contributed by atoms with van der Waals surface area (Å²) in [6.45, 7) is 9.75. The van der Waals surface area contributed by atoms with Crippen molar-refractivity contribution in [3.05, 3.63) is 0 Å². The van der Waals surface area contributed by atoms with Crippen LogP contribution in [0.5, 0.6) is 0 Å². The van der Waals surface area contributed by atoms with Gasteiger partial charge in [0.1, 0.15) is 0 Å². The largest absolute Gasteiger partial charge is 0.381 e.